The van der Waals surface area contributed by atoms with Gasteiger partial charge in [0, 0.05) is 6.20 Å². The fraction of sp³-hybridized carbons (Fsp3) is 0.200. The van der Waals surface area contributed by atoms with E-state index in [1.807, 2.05) is 6.07 Å². The summed E-state index contributed by atoms with van der Waals surface area (Å²) in [7, 11) is 0. The average molecular weight is 186 g/mol. The van der Waals surface area contributed by atoms with Gasteiger partial charge in [0.25, 0.3) is 0 Å². The first kappa shape index (κ1) is 6.30. The first-order valence-corrected chi connectivity index (χ1v) is 3.16. The average Bonchev–Trinajstić information content (AvgIpc) is 2.17. The maximum absolute atomic E-state index is 8.22. The minimum Gasteiger partial charge on any atom is -0.322 e. The molecule has 0 fully saturated rings. The molecule has 0 aliphatic heterocycles. The van der Waals surface area contributed by atoms with E-state index in [2.05, 4.69) is 20.9 Å². The Labute approximate surface area is 61.1 Å². The second-order valence-corrected chi connectivity index (χ2v) is 2.34. The highest BCUT2D eigenvalue weighted by atomic mass is 79.9. The summed E-state index contributed by atoms with van der Waals surface area (Å²) in [5.74, 6) is 0. The molecule has 0 aliphatic rings. The number of hydrogen-bond donors (Lipinski definition) is 0. The summed E-state index contributed by atoms with van der Waals surface area (Å²) in [6.07, 6.45) is 3.36. The van der Waals surface area contributed by atoms with Gasteiger partial charge >= 0.3 is 0 Å². The first-order valence-electron chi connectivity index (χ1n) is 2.37. The zero-order chi connectivity index (χ0) is 6.69. The molecule has 0 N–H and O–H groups in total. The number of halogens is 1. The van der Waals surface area contributed by atoms with Crippen molar-refractivity contribution < 1.29 is 0 Å². The lowest BCUT2D eigenvalue weighted by Gasteiger charge is -1.86. The lowest BCUT2D eigenvalue weighted by Crippen LogP contribution is -1.88. The third kappa shape index (κ3) is 1.54. The van der Waals surface area contributed by atoms with Crippen LogP contribution in [0.4, 0.5) is 0 Å². The minimum absolute atomic E-state index is 0.360. The van der Waals surface area contributed by atoms with Crippen LogP contribution in [0.1, 0.15) is 0 Å². The Morgan fingerprint density at radius 3 is 3.11 bits per heavy atom. The van der Waals surface area contributed by atoms with E-state index in [-0.39, 0.29) is 0 Å². The summed E-state index contributed by atoms with van der Waals surface area (Å²) < 4.78 is 2.46. The van der Waals surface area contributed by atoms with Gasteiger partial charge in [-0.05, 0) is 15.9 Å². The van der Waals surface area contributed by atoms with Crippen molar-refractivity contribution in [3.63, 3.8) is 0 Å². The zero-order valence-electron chi connectivity index (χ0n) is 4.58. The van der Waals surface area contributed by atoms with Gasteiger partial charge in [0.1, 0.15) is 11.1 Å². The predicted molar refractivity (Wildman–Crippen MR) is 35.5 cm³/mol. The van der Waals surface area contributed by atoms with Crippen LogP contribution >= 0.6 is 15.9 Å². The van der Waals surface area contributed by atoms with Crippen molar-refractivity contribution in [2.75, 3.05) is 0 Å². The Hall–Kier alpha value is -0.820. The van der Waals surface area contributed by atoms with Gasteiger partial charge in [0.15, 0.2) is 0 Å². The standard InChI is InChI=1S/C5H4BrN3/c6-5-3-9(2-1-7)4-8-5/h3-4H,2H2. The van der Waals surface area contributed by atoms with Gasteiger partial charge in [0.05, 0.1) is 12.4 Å². The van der Waals surface area contributed by atoms with Crippen molar-refractivity contribution in [2.24, 2.45) is 0 Å². The van der Waals surface area contributed by atoms with E-state index in [0.717, 1.165) is 4.60 Å². The van der Waals surface area contributed by atoms with Gasteiger partial charge in [0.2, 0.25) is 0 Å². The SMILES string of the molecule is N#CCn1cnc(Br)c1. The number of nitrogens with zero attached hydrogens (tertiary/aromatic N) is 3. The molecule has 1 aromatic heterocycles. The van der Waals surface area contributed by atoms with Gasteiger partial charge in [-0.15, -0.1) is 0 Å². The molecule has 0 saturated heterocycles. The second kappa shape index (κ2) is 2.65. The fourth-order valence-corrected chi connectivity index (χ4v) is 0.855. The van der Waals surface area contributed by atoms with E-state index in [1.165, 1.54) is 0 Å². The van der Waals surface area contributed by atoms with Crippen LogP contribution in [0.25, 0.3) is 0 Å². The number of aromatic nitrogens is 2. The highest BCUT2D eigenvalue weighted by Crippen LogP contribution is 2.03. The van der Waals surface area contributed by atoms with Crippen LogP contribution in [0.3, 0.4) is 0 Å². The van der Waals surface area contributed by atoms with Crippen molar-refractivity contribution in [1.29, 1.82) is 5.26 Å². The van der Waals surface area contributed by atoms with E-state index >= 15 is 0 Å². The molecule has 0 unspecified atom stereocenters. The molecule has 0 aliphatic carbocycles. The zero-order valence-corrected chi connectivity index (χ0v) is 6.17. The van der Waals surface area contributed by atoms with Crippen LogP contribution in [-0.4, -0.2) is 9.55 Å². The van der Waals surface area contributed by atoms with E-state index in [9.17, 15) is 0 Å². The third-order valence-corrected chi connectivity index (χ3v) is 1.26. The predicted octanol–water partition coefficient (Wildman–Crippen LogP) is 1.17. The van der Waals surface area contributed by atoms with Crippen LogP contribution in [0.2, 0.25) is 0 Å². The quantitative estimate of drug-likeness (QED) is 0.660. The van der Waals surface area contributed by atoms with Gasteiger partial charge in [-0.3, -0.25) is 0 Å². The number of rotatable bonds is 1. The van der Waals surface area contributed by atoms with Crippen molar-refractivity contribution in [3.05, 3.63) is 17.1 Å². The largest absolute Gasteiger partial charge is 0.322 e. The highest BCUT2D eigenvalue weighted by Gasteiger charge is 1.90. The molecule has 1 heterocycles. The second-order valence-electron chi connectivity index (χ2n) is 1.53. The molecule has 3 nitrogen and oxygen atoms in total. The molecule has 0 aromatic carbocycles. The van der Waals surface area contributed by atoms with Crippen molar-refractivity contribution >= 4 is 15.9 Å². The van der Waals surface area contributed by atoms with Crippen LogP contribution in [-0.2, 0) is 6.54 Å². The smallest absolute Gasteiger partial charge is 0.124 e. The molecule has 1 aromatic rings. The van der Waals surface area contributed by atoms with Gasteiger partial charge in [-0.2, -0.15) is 5.26 Å². The molecular formula is C5H4BrN3. The van der Waals surface area contributed by atoms with Gasteiger partial charge in [-0.1, -0.05) is 0 Å². The van der Waals surface area contributed by atoms with Crippen LogP contribution in [0.15, 0.2) is 17.1 Å². The Morgan fingerprint density at radius 1 is 1.89 bits per heavy atom. The number of imidazole rings is 1. The molecule has 0 amide bonds. The lowest BCUT2D eigenvalue weighted by molar-refractivity contribution is 0.830. The lowest BCUT2D eigenvalue weighted by atomic mass is 10.7. The Balaban J connectivity index is 2.76. The first-order chi connectivity index (χ1) is 4.33. The summed E-state index contributed by atoms with van der Waals surface area (Å²) in [5, 5.41) is 8.22. The summed E-state index contributed by atoms with van der Waals surface area (Å²) in [4.78, 5) is 3.86. The minimum atomic E-state index is 0.360. The summed E-state index contributed by atoms with van der Waals surface area (Å²) in [5.41, 5.74) is 0. The van der Waals surface area contributed by atoms with Gasteiger partial charge < -0.3 is 4.57 Å². The normalized spacial score (nSPS) is 8.89. The third-order valence-electron chi connectivity index (χ3n) is 0.855. The Kier molecular flexibility index (Phi) is 1.85. The van der Waals surface area contributed by atoms with Crippen LogP contribution in [0.5, 0.6) is 0 Å². The molecule has 0 radical (unpaired) electrons. The summed E-state index contributed by atoms with van der Waals surface area (Å²) >= 11 is 3.16. The molecule has 0 saturated carbocycles. The topological polar surface area (TPSA) is 41.6 Å². The van der Waals surface area contributed by atoms with E-state index < -0.39 is 0 Å². The monoisotopic (exact) mass is 185 g/mol. The Bertz CT molecular complexity index is 235. The molecule has 46 valence electrons. The van der Waals surface area contributed by atoms with E-state index in [1.54, 1.807) is 17.1 Å². The van der Waals surface area contributed by atoms with Crippen molar-refractivity contribution in [1.82, 2.24) is 9.55 Å². The maximum Gasteiger partial charge on any atom is 0.124 e. The fourth-order valence-electron chi connectivity index (χ4n) is 0.501. The highest BCUT2D eigenvalue weighted by molar-refractivity contribution is 9.10. The summed E-state index contributed by atoms with van der Waals surface area (Å²) in [6.45, 7) is 0.360. The van der Waals surface area contributed by atoms with E-state index in [4.69, 9.17) is 5.26 Å². The Morgan fingerprint density at radius 2 is 2.67 bits per heavy atom. The van der Waals surface area contributed by atoms with Crippen molar-refractivity contribution in [3.8, 4) is 6.07 Å². The number of nitriles is 1. The maximum atomic E-state index is 8.22. The van der Waals surface area contributed by atoms with E-state index in [0.29, 0.717) is 6.54 Å². The molecular weight excluding hydrogens is 182 g/mol. The molecule has 0 spiro atoms. The van der Waals surface area contributed by atoms with Crippen molar-refractivity contribution in [2.45, 2.75) is 6.54 Å². The van der Waals surface area contributed by atoms with Crippen LogP contribution < -0.4 is 0 Å². The molecule has 0 bridgehead atoms. The van der Waals surface area contributed by atoms with Crippen LogP contribution in [0, 0.1) is 11.3 Å². The molecule has 4 heteroatoms. The molecule has 0 atom stereocenters. The molecule has 1 rings (SSSR count). The van der Waals surface area contributed by atoms with Gasteiger partial charge in [-0.25, -0.2) is 4.98 Å². The molecule has 9 heavy (non-hydrogen) atoms. The summed E-state index contributed by atoms with van der Waals surface area (Å²) in [6, 6.07) is 2.00. The number of hydrogen-bond acceptors (Lipinski definition) is 2.